The third kappa shape index (κ3) is 5.82. The van der Waals surface area contributed by atoms with Crippen molar-refractivity contribution in [3.63, 3.8) is 0 Å². The number of para-hydroxylation sites is 1. The highest BCUT2D eigenvalue weighted by Gasteiger charge is 2.36. The number of carbonyl (C=O) groups is 2. The number of rotatable bonds is 9. The van der Waals surface area contributed by atoms with Gasteiger partial charge in [0, 0.05) is 31.2 Å². The van der Waals surface area contributed by atoms with E-state index in [0.29, 0.717) is 5.69 Å². The van der Waals surface area contributed by atoms with Crippen LogP contribution in [0.5, 0.6) is 0 Å². The quantitative estimate of drug-likeness (QED) is 0.676. The number of carbonyl (C=O) groups excluding carboxylic acids is 2. The van der Waals surface area contributed by atoms with Gasteiger partial charge in [0.25, 0.3) is 0 Å². The molecule has 0 saturated heterocycles. The molecule has 0 atom stereocenters. The maximum atomic E-state index is 13.4. The van der Waals surface area contributed by atoms with Crippen LogP contribution in [-0.4, -0.2) is 35.8 Å². The first-order valence-electron chi connectivity index (χ1n) is 9.78. The van der Waals surface area contributed by atoms with E-state index in [2.05, 4.69) is 0 Å². The molecular formula is C22H24F3N3O2. The van der Waals surface area contributed by atoms with Crippen LogP contribution in [0.25, 0.3) is 0 Å². The van der Waals surface area contributed by atoms with Crippen LogP contribution in [-0.2, 0) is 22.3 Å². The van der Waals surface area contributed by atoms with Gasteiger partial charge in [-0.15, -0.1) is 0 Å². The second-order valence-electron chi connectivity index (χ2n) is 7.39. The van der Waals surface area contributed by atoms with Crippen molar-refractivity contribution >= 4 is 17.5 Å². The average Bonchev–Trinajstić information content (AvgIpc) is 3.53. The monoisotopic (exact) mass is 419 g/mol. The number of hydrogen-bond acceptors (Lipinski definition) is 3. The number of halogens is 3. The van der Waals surface area contributed by atoms with E-state index in [0.717, 1.165) is 18.9 Å². The third-order valence-electron chi connectivity index (χ3n) is 5.05. The molecule has 1 saturated carbocycles. The largest absolute Gasteiger partial charge is 0.416 e. The van der Waals surface area contributed by atoms with Crippen LogP contribution in [0, 0.1) is 0 Å². The molecule has 8 heteroatoms. The number of nitrogens with two attached hydrogens (primary N) is 1. The minimum absolute atomic E-state index is 0.000962. The Labute approximate surface area is 173 Å². The van der Waals surface area contributed by atoms with Crippen molar-refractivity contribution < 1.29 is 22.8 Å². The summed E-state index contributed by atoms with van der Waals surface area (Å²) in [6.07, 6.45) is -2.77. The summed E-state index contributed by atoms with van der Waals surface area (Å²) >= 11 is 0. The average molecular weight is 419 g/mol. The lowest BCUT2D eigenvalue weighted by molar-refractivity contribution is -0.138. The van der Waals surface area contributed by atoms with E-state index in [1.807, 2.05) is 6.07 Å². The van der Waals surface area contributed by atoms with Gasteiger partial charge in [-0.05, 0) is 36.6 Å². The highest BCUT2D eigenvalue weighted by atomic mass is 19.4. The van der Waals surface area contributed by atoms with E-state index >= 15 is 0 Å². The molecular weight excluding hydrogens is 395 g/mol. The van der Waals surface area contributed by atoms with Gasteiger partial charge in [-0.3, -0.25) is 14.5 Å². The summed E-state index contributed by atoms with van der Waals surface area (Å²) < 4.78 is 40.1. The lowest BCUT2D eigenvalue weighted by atomic mass is 10.1. The number of nitrogens with zero attached hydrogens (tertiary/aromatic N) is 2. The van der Waals surface area contributed by atoms with Crippen molar-refractivity contribution in [2.45, 2.75) is 38.0 Å². The molecule has 0 radical (unpaired) electrons. The molecule has 2 N–H and O–H groups in total. The topological polar surface area (TPSA) is 66.6 Å². The summed E-state index contributed by atoms with van der Waals surface area (Å²) in [4.78, 5) is 27.6. The fourth-order valence-electron chi connectivity index (χ4n) is 3.39. The van der Waals surface area contributed by atoms with Gasteiger partial charge in [-0.2, -0.15) is 13.2 Å². The minimum atomic E-state index is -4.45. The summed E-state index contributed by atoms with van der Waals surface area (Å²) in [6, 6.07) is 14.4. The molecule has 3 rings (SSSR count). The summed E-state index contributed by atoms with van der Waals surface area (Å²) in [5.41, 5.74) is 5.33. The van der Waals surface area contributed by atoms with Gasteiger partial charge in [0.1, 0.15) is 0 Å². The summed E-state index contributed by atoms with van der Waals surface area (Å²) in [7, 11) is 0. The highest BCUT2D eigenvalue weighted by Crippen LogP contribution is 2.34. The Hall–Kier alpha value is -2.87. The minimum Gasteiger partial charge on any atom is -0.370 e. The molecule has 0 bridgehead atoms. The van der Waals surface area contributed by atoms with E-state index in [-0.39, 0.29) is 43.6 Å². The standard InChI is InChI=1S/C22H24F3N3O2/c23-22(24,25)19-9-5-4-6-16(19)14-27(17-10-11-17)15-21(30)28(13-12-20(26)29)18-7-2-1-3-8-18/h1-9,17H,10-15H2,(H2,26,29). The van der Waals surface area contributed by atoms with Gasteiger partial charge in [0.15, 0.2) is 0 Å². The van der Waals surface area contributed by atoms with Crippen molar-refractivity contribution in [1.29, 1.82) is 0 Å². The van der Waals surface area contributed by atoms with Crippen LogP contribution in [0.3, 0.4) is 0 Å². The van der Waals surface area contributed by atoms with E-state index in [1.165, 1.54) is 17.0 Å². The zero-order valence-electron chi connectivity index (χ0n) is 16.4. The van der Waals surface area contributed by atoms with Crippen LogP contribution in [0.4, 0.5) is 18.9 Å². The fraction of sp³-hybridized carbons (Fsp3) is 0.364. The SMILES string of the molecule is NC(=O)CCN(C(=O)CN(Cc1ccccc1C(F)(F)F)C1CC1)c1ccccc1. The number of amides is 2. The molecule has 0 heterocycles. The molecule has 2 aromatic carbocycles. The Morgan fingerprint density at radius 2 is 1.63 bits per heavy atom. The summed E-state index contributed by atoms with van der Waals surface area (Å²) in [5, 5.41) is 0. The van der Waals surface area contributed by atoms with Crippen LogP contribution in [0.1, 0.15) is 30.4 Å². The first-order valence-corrected chi connectivity index (χ1v) is 9.78. The van der Waals surface area contributed by atoms with Crippen LogP contribution in [0.2, 0.25) is 0 Å². The zero-order chi connectivity index (χ0) is 21.7. The Balaban J connectivity index is 1.79. The second-order valence-corrected chi connectivity index (χ2v) is 7.39. The molecule has 160 valence electrons. The van der Waals surface area contributed by atoms with Gasteiger partial charge in [-0.25, -0.2) is 0 Å². The van der Waals surface area contributed by atoms with Gasteiger partial charge in [0.2, 0.25) is 11.8 Å². The molecule has 5 nitrogen and oxygen atoms in total. The third-order valence-corrected chi connectivity index (χ3v) is 5.05. The number of benzene rings is 2. The first-order chi connectivity index (χ1) is 14.3. The maximum absolute atomic E-state index is 13.4. The summed E-state index contributed by atoms with van der Waals surface area (Å²) in [6.45, 7) is 0.116. The number of primary amides is 1. The molecule has 2 amide bonds. The Morgan fingerprint density at radius 3 is 2.23 bits per heavy atom. The molecule has 0 aromatic heterocycles. The van der Waals surface area contributed by atoms with E-state index in [4.69, 9.17) is 5.73 Å². The van der Waals surface area contributed by atoms with Crippen LogP contribution in [0.15, 0.2) is 54.6 Å². The molecule has 1 aliphatic carbocycles. The molecule has 1 aliphatic rings. The molecule has 0 aliphatic heterocycles. The maximum Gasteiger partial charge on any atom is 0.416 e. The lowest BCUT2D eigenvalue weighted by Crippen LogP contribution is -2.42. The predicted molar refractivity (Wildman–Crippen MR) is 107 cm³/mol. The van der Waals surface area contributed by atoms with Gasteiger partial charge >= 0.3 is 6.18 Å². The van der Waals surface area contributed by atoms with E-state index < -0.39 is 17.6 Å². The Morgan fingerprint density at radius 1 is 1.00 bits per heavy atom. The fourth-order valence-corrected chi connectivity index (χ4v) is 3.39. The van der Waals surface area contributed by atoms with Gasteiger partial charge < -0.3 is 10.6 Å². The van der Waals surface area contributed by atoms with Crippen molar-refractivity contribution in [1.82, 2.24) is 4.90 Å². The van der Waals surface area contributed by atoms with Crippen molar-refractivity contribution in [2.75, 3.05) is 18.0 Å². The van der Waals surface area contributed by atoms with Crippen LogP contribution < -0.4 is 10.6 Å². The molecule has 0 spiro atoms. The lowest BCUT2D eigenvalue weighted by Gasteiger charge is -2.28. The van der Waals surface area contributed by atoms with Crippen molar-refractivity contribution in [3.8, 4) is 0 Å². The first kappa shape index (κ1) is 21.8. The van der Waals surface area contributed by atoms with Crippen LogP contribution >= 0.6 is 0 Å². The van der Waals surface area contributed by atoms with Gasteiger partial charge in [-0.1, -0.05) is 36.4 Å². The van der Waals surface area contributed by atoms with Crippen molar-refractivity contribution in [2.24, 2.45) is 5.73 Å². The highest BCUT2D eigenvalue weighted by molar-refractivity contribution is 5.95. The smallest absolute Gasteiger partial charge is 0.370 e. The molecule has 2 aromatic rings. The van der Waals surface area contributed by atoms with Gasteiger partial charge in [0.05, 0.1) is 12.1 Å². The van der Waals surface area contributed by atoms with Crippen molar-refractivity contribution in [3.05, 3.63) is 65.7 Å². The number of anilines is 1. The summed E-state index contributed by atoms with van der Waals surface area (Å²) in [5.74, 6) is -0.805. The molecule has 30 heavy (non-hydrogen) atoms. The van der Waals surface area contributed by atoms with E-state index in [9.17, 15) is 22.8 Å². The molecule has 1 fully saturated rings. The number of hydrogen-bond donors (Lipinski definition) is 1. The number of alkyl halides is 3. The molecule has 0 unspecified atom stereocenters. The Kier molecular flexibility index (Phi) is 6.77. The second kappa shape index (κ2) is 9.30. The predicted octanol–water partition coefficient (Wildman–Crippen LogP) is 3.58. The Bertz CT molecular complexity index is 883. The van der Waals surface area contributed by atoms with E-state index in [1.54, 1.807) is 35.2 Å². The normalized spacial score (nSPS) is 14.0. The zero-order valence-corrected chi connectivity index (χ0v) is 16.4.